The fourth-order valence-corrected chi connectivity index (χ4v) is 4.09. The van der Waals surface area contributed by atoms with Gasteiger partial charge in [-0.3, -0.25) is 9.59 Å². The Morgan fingerprint density at radius 2 is 2.03 bits per heavy atom. The molecule has 9 heteroatoms. The second kappa shape index (κ2) is 10.3. The second-order valence-electron chi connectivity index (χ2n) is 7.99. The van der Waals surface area contributed by atoms with Gasteiger partial charge in [0.1, 0.15) is 11.1 Å². The molecule has 1 unspecified atom stereocenters. The van der Waals surface area contributed by atoms with E-state index in [4.69, 9.17) is 0 Å². The molecule has 4 rings (SSSR count). The number of nitrogens with zero attached hydrogens (tertiary/aromatic N) is 2. The summed E-state index contributed by atoms with van der Waals surface area (Å²) in [6.07, 6.45) is 5.62. The maximum Gasteiger partial charge on any atom is 0.263 e. The summed E-state index contributed by atoms with van der Waals surface area (Å²) in [5.74, 6) is 0.0179. The molecule has 0 aliphatic carbocycles. The molecule has 7 nitrogen and oxygen atoms in total. The van der Waals surface area contributed by atoms with Gasteiger partial charge in [0.15, 0.2) is 0 Å². The minimum absolute atomic E-state index is 0. The first-order valence-electron chi connectivity index (χ1n) is 10.1. The molecule has 0 spiro atoms. The molecule has 1 saturated heterocycles. The Morgan fingerprint density at radius 1 is 1.26 bits per heavy atom. The zero-order valence-corrected chi connectivity index (χ0v) is 19.6. The van der Waals surface area contributed by atoms with Gasteiger partial charge in [-0.05, 0) is 81.4 Å². The van der Waals surface area contributed by atoms with Gasteiger partial charge in [0.2, 0.25) is 0 Å². The number of amides is 1. The van der Waals surface area contributed by atoms with Crippen LogP contribution in [-0.4, -0.2) is 33.5 Å². The van der Waals surface area contributed by atoms with Gasteiger partial charge < -0.3 is 20.2 Å². The zero-order chi connectivity index (χ0) is 20.5. The summed E-state index contributed by atoms with van der Waals surface area (Å²) in [6, 6.07) is 3.85. The standard InChI is InChI=1S/C22H27N5O2.2ClH/c1-13-6-8-27(11-16-5-4-7-23-10-16)22(29)18(13)21(28)26-19-15(3)14(2)9-17-20(19)25-12-24-17;;/h6,8-9,12,16,23H,4-5,7,10-11H2,1-3H3,(H,24,25)(H,26,28);2*1H. The van der Waals surface area contributed by atoms with Crippen LogP contribution in [0, 0.1) is 26.7 Å². The van der Waals surface area contributed by atoms with E-state index in [9.17, 15) is 9.59 Å². The number of benzene rings is 1. The number of halogens is 2. The Hall–Kier alpha value is -2.35. The summed E-state index contributed by atoms with van der Waals surface area (Å²) in [7, 11) is 0. The van der Waals surface area contributed by atoms with Crippen molar-refractivity contribution in [1.82, 2.24) is 19.9 Å². The number of anilines is 1. The SMILES string of the molecule is Cc1cc2[nH]cnc2c(NC(=O)c2c(C)ccn(CC3CCCNC3)c2=O)c1C.Cl.Cl. The Bertz CT molecular complexity index is 1130. The number of aromatic nitrogens is 3. The minimum atomic E-state index is -0.387. The van der Waals surface area contributed by atoms with Gasteiger partial charge in [0.05, 0.1) is 17.5 Å². The lowest BCUT2D eigenvalue weighted by molar-refractivity contribution is 0.102. The van der Waals surface area contributed by atoms with E-state index in [1.165, 1.54) is 0 Å². The van der Waals surface area contributed by atoms with E-state index in [0.29, 0.717) is 29.2 Å². The molecule has 1 aliphatic heterocycles. The number of aryl methyl sites for hydroxylation is 2. The minimum Gasteiger partial charge on any atom is -0.345 e. The molecule has 1 fully saturated rings. The molecular formula is C22H29Cl2N5O2. The molecule has 2 aromatic heterocycles. The number of hydrogen-bond acceptors (Lipinski definition) is 4. The maximum atomic E-state index is 13.2. The van der Waals surface area contributed by atoms with Gasteiger partial charge >= 0.3 is 0 Å². The van der Waals surface area contributed by atoms with Gasteiger partial charge in [-0.1, -0.05) is 0 Å². The lowest BCUT2D eigenvalue weighted by atomic mass is 9.99. The van der Waals surface area contributed by atoms with Gasteiger partial charge in [0.25, 0.3) is 11.5 Å². The quantitative estimate of drug-likeness (QED) is 0.546. The molecular weight excluding hydrogens is 437 g/mol. The van der Waals surface area contributed by atoms with Crippen molar-refractivity contribution in [1.29, 1.82) is 0 Å². The number of carbonyl (C=O) groups excluding carboxylic acids is 1. The van der Waals surface area contributed by atoms with Gasteiger partial charge in [-0.2, -0.15) is 0 Å². The Labute approximate surface area is 193 Å². The van der Waals surface area contributed by atoms with Crippen molar-refractivity contribution >= 4 is 47.4 Å². The summed E-state index contributed by atoms with van der Waals surface area (Å²) in [5.41, 5.74) is 4.83. The maximum absolute atomic E-state index is 13.2. The molecule has 0 bridgehead atoms. The highest BCUT2D eigenvalue weighted by Crippen LogP contribution is 2.28. The summed E-state index contributed by atoms with van der Waals surface area (Å²) in [5, 5.41) is 6.34. The number of imidazole rings is 1. The highest BCUT2D eigenvalue weighted by Gasteiger charge is 2.21. The van der Waals surface area contributed by atoms with Crippen molar-refractivity contribution in [2.45, 2.75) is 40.2 Å². The number of carbonyl (C=O) groups is 1. The Kier molecular flexibility index (Phi) is 8.28. The first kappa shape index (κ1) is 24.9. The van der Waals surface area contributed by atoms with Crippen LogP contribution >= 0.6 is 24.8 Å². The van der Waals surface area contributed by atoms with E-state index < -0.39 is 0 Å². The largest absolute Gasteiger partial charge is 0.345 e. The highest BCUT2D eigenvalue weighted by atomic mass is 35.5. The second-order valence-corrected chi connectivity index (χ2v) is 7.99. The van der Waals surface area contributed by atoms with E-state index in [1.807, 2.05) is 26.0 Å². The zero-order valence-electron chi connectivity index (χ0n) is 17.9. The molecule has 1 atom stereocenters. The van der Waals surface area contributed by atoms with Crippen LogP contribution < -0.4 is 16.2 Å². The van der Waals surface area contributed by atoms with Gasteiger partial charge in [-0.25, -0.2) is 4.98 Å². The predicted octanol–water partition coefficient (Wildman–Crippen LogP) is 3.75. The van der Waals surface area contributed by atoms with E-state index in [-0.39, 0.29) is 41.8 Å². The predicted molar refractivity (Wildman–Crippen MR) is 129 cm³/mol. The van der Waals surface area contributed by atoms with Crippen molar-refractivity contribution in [3.8, 4) is 0 Å². The molecule has 0 saturated carbocycles. The lowest BCUT2D eigenvalue weighted by Crippen LogP contribution is -2.36. The number of aromatic amines is 1. The van der Waals surface area contributed by atoms with Crippen LogP contribution in [-0.2, 0) is 6.54 Å². The lowest BCUT2D eigenvalue weighted by Gasteiger charge is -2.23. The van der Waals surface area contributed by atoms with Crippen LogP contribution in [0.1, 0.15) is 39.9 Å². The molecule has 168 valence electrons. The molecule has 1 amide bonds. The van der Waals surface area contributed by atoms with E-state index in [0.717, 1.165) is 42.6 Å². The van der Waals surface area contributed by atoms with Crippen molar-refractivity contribution in [2.24, 2.45) is 5.92 Å². The fourth-order valence-electron chi connectivity index (χ4n) is 4.09. The number of piperidine rings is 1. The smallest absolute Gasteiger partial charge is 0.263 e. The molecule has 3 aromatic rings. The molecule has 3 N–H and O–H groups in total. The number of rotatable bonds is 4. The molecule has 0 radical (unpaired) electrons. The first-order valence-corrected chi connectivity index (χ1v) is 10.1. The van der Waals surface area contributed by atoms with Crippen LogP contribution in [0.3, 0.4) is 0 Å². The van der Waals surface area contributed by atoms with Crippen molar-refractivity contribution < 1.29 is 4.79 Å². The number of fused-ring (bicyclic) bond motifs is 1. The van der Waals surface area contributed by atoms with Crippen LogP contribution in [0.15, 0.2) is 29.5 Å². The van der Waals surface area contributed by atoms with Gasteiger partial charge in [-0.15, -0.1) is 24.8 Å². The Morgan fingerprint density at radius 3 is 2.74 bits per heavy atom. The molecule has 3 heterocycles. The topological polar surface area (TPSA) is 91.8 Å². The third kappa shape index (κ3) is 4.95. The highest BCUT2D eigenvalue weighted by molar-refractivity contribution is 6.09. The fraction of sp³-hybridized carbons (Fsp3) is 0.409. The first-order chi connectivity index (χ1) is 14.0. The summed E-state index contributed by atoms with van der Waals surface area (Å²) >= 11 is 0. The van der Waals surface area contributed by atoms with Crippen LogP contribution in [0.4, 0.5) is 5.69 Å². The molecule has 1 aliphatic rings. The van der Waals surface area contributed by atoms with E-state index in [2.05, 4.69) is 20.6 Å². The number of H-pyrrole nitrogens is 1. The Balaban J connectivity index is 0.00000171. The number of hydrogen-bond donors (Lipinski definition) is 3. The number of pyridine rings is 1. The normalized spacial score (nSPS) is 15.8. The third-order valence-electron chi connectivity index (χ3n) is 5.93. The van der Waals surface area contributed by atoms with E-state index in [1.54, 1.807) is 24.0 Å². The molecule has 31 heavy (non-hydrogen) atoms. The third-order valence-corrected chi connectivity index (χ3v) is 5.93. The van der Waals surface area contributed by atoms with Crippen LogP contribution in [0.2, 0.25) is 0 Å². The van der Waals surface area contributed by atoms with Gasteiger partial charge in [0, 0.05) is 12.7 Å². The summed E-state index contributed by atoms with van der Waals surface area (Å²) < 4.78 is 1.67. The molecule has 1 aromatic carbocycles. The van der Waals surface area contributed by atoms with Crippen LogP contribution in [0.5, 0.6) is 0 Å². The van der Waals surface area contributed by atoms with Crippen molar-refractivity contribution in [2.75, 3.05) is 18.4 Å². The summed E-state index contributed by atoms with van der Waals surface area (Å²) in [4.78, 5) is 33.7. The average Bonchev–Trinajstić information content (AvgIpc) is 3.16. The van der Waals surface area contributed by atoms with Crippen molar-refractivity contribution in [3.05, 3.63) is 57.3 Å². The summed E-state index contributed by atoms with van der Waals surface area (Å²) in [6.45, 7) is 8.30. The monoisotopic (exact) mass is 465 g/mol. The van der Waals surface area contributed by atoms with Crippen LogP contribution in [0.25, 0.3) is 11.0 Å². The average molecular weight is 466 g/mol. The number of nitrogens with one attached hydrogen (secondary N) is 3. The van der Waals surface area contributed by atoms with E-state index >= 15 is 0 Å². The van der Waals surface area contributed by atoms with Crippen molar-refractivity contribution in [3.63, 3.8) is 0 Å².